The van der Waals surface area contributed by atoms with Crippen LogP contribution in [0, 0.1) is 0 Å². The predicted molar refractivity (Wildman–Crippen MR) is 119 cm³/mol. The summed E-state index contributed by atoms with van der Waals surface area (Å²) in [4.78, 5) is 31.9. The van der Waals surface area contributed by atoms with Crippen LogP contribution in [0.25, 0.3) is 5.69 Å². The molecule has 1 saturated heterocycles. The minimum Gasteiger partial charge on any atom is -0.497 e. The van der Waals surface area contributed by atoms with Crippen molar-refractivity contribution >= 4 is 34.9 Å². The van der Waals surface area contributed by atoms with Crippen molar-refractivity contribution < 1.29 is 14.3 Å². The average molecular weight is 457 g/mol. The summed E-state index contributed by atoms with van der Waals surface area (Å²) in [5.74, 6) is 0.0640. The Bertz CT molecular complexity index is 1150. The van der Waals surface area contributed by atoms with Gasteiger partial charge in [0, 0.05) is 23.7 Å². The normalized spacial score (nSPS) is 14.5. The van der Waals surface area contributed by atoms with Crippen LogP contribution in [-0.4, -0.2) is 46.1 Å². The second kappa shape index (κ2) is 9.45. The molecule has 0 aliphatic carbocycles. The third kappa shape index (κ3) is 4.86. The van der Waals surface area contributed by atoms with E-state index in [4.69, 9.17) is 16.3 Å². The maximum Gasteiger partial charge on any atom is 0.278 e. The zero-order valence-electron chi connectivity index (χ0n) is 17.0. The van der Waals surface area contributed by atoms with Crippen LogP contribution < -0.4 is 9.41 Å². The van der Waals surface area contributed by atoms with Crippen molar-refractivity contribution in [3.8, 4) is 11.4 Å². The quantitative estimate of drug-likeness (QED) is 0.595. The fourth-order valence-electron chi connectivity index (χ4n) is 3.30. The summed E-state index contributed by atoms with van der Waals surface area (Å²) in [5.41, 5.74) is 1.33. The van der Waals surface area contributed by atoms with Crippen molar-refractivity contribution in [3.05, 3.63) is 69.5 Å². The number of methoxy groups -OCH3 is 1. The number of rotatable bonds is 4. The molecule has 0 spiro atoms. The van der Waals surface area contributed by atoms with Crippen LogP contribution in [0.4, 0.5) is 0 Å². The van der Waals surface area contributed by atoms with E-state index in [0.29, 0.717) is 29.4 Å². The van der Waals surface area contributed by atoms with Crippen LogP contribution in [0.5, 0.6) is 5.75 Å². The molecule has 0 saturated carbocycles. The molecule has 1 aliphatic rings. The number of ether oxygens (including phenoxy) is 1. The minimum atomic E-state index is -0.449. The predicted octanol–water partition coefficient (Wildman–Crippen LogP) is 3.96. The molecule has 1 aromatic heterocycles. The summed E-state index contributed by atoms with van der Waals surface area (Å²) in [5, 5.41) is 5.04. The van der Waals surface area contributed by atoms with Crippen LogP contribution in [0.1, 0.15) is 40.1 Å². The number of nitrogens with zero attached hydrogens (tertiary/aromatic N) is 4. The van der Waals surface area contributed by atoms with E-state index in [1.807, 2.05) is 24.3 Å². The Morgan fingerprint density at radius 2 is 1.71 bits per heavy atom. The molecule has 0 radical (unpaired) electrons. The second-order valence-electron chi connectivity index (χ2n) is 7.09. The fourth-order valence-corrected chi connectivity index (χ4v) is 4.28. The lowest BCUT2D eigenvalue weighted by atomic mass is 10.1. The Hall–Kier alpha value is -2.97. The molecule has 2 aromatic carbocycles. The third-order valence-corrected chi connectivity index (χ3v) is 6.17. The zero-order chi connectivity index (χ0) is 21.8. The highest BCUT2D eigenvalue weighted by Gasteiger charge is 2.24. The van der Waals surface area contributed by atoms with E-state index in [2.05, 4.69) is 10.1 Å². The number of hydrogen-bond donors (Lipinski definition) is 0. The molecule has 2 heterocycles. The van der Waals surface area contributed by atoms with Crippen LogP contribution in [0.2, 0.25) is 5.02 Å². The maximum atomic E-state index is 13.2. The lowest BCUT2D eigenvalue weighted by Crippen LogP contribution is -2.38. The number of hydrogen-bond acceptors (Lipinski definition) is 5. The van der Waals surface area contributed by atoms with Crippen molar-refractivity contribution in [2.75, 3.05) is 20.2 Å². The number of benzene rings is 2. The van der Waals surface area contributed by atoms with E-state index in [1.165, 1.54) is 0 Å². The van der Waals surface area contributed by atoms with Gasteiger partial charge in [0.1, 0.15) is 5.75 Å². The first-order valence-corrected chi connectivity index (χ1v) is 11.1. The molecule has 0 N–H and O–H groups in total. The topological polar surface area (TPSA) is 76.8 Å². The molecule has 1 fully saturated rings. The van der Waals surface area contributed by atoms with Crippen LogP contribution in [0.3, 0.4) is 0 Å². The van der Waals surface area contributed by atoms with Crippen molar-refractivity contribution in [1.82, 2.24) is 14.1 Å². The minimum absolute atomic E-state index is 0.185. The second-order valence-corrected chi connectivity index (χ2v) is 8.44. The number of piperidine rings is 1. The number of carbonyl (C=O) groups excluding carboxylic acids is 2. The van der Waals surface area contributed by atoms with E-state index < -0.39 is 5.91 Å². The van der Waals surface area contributed by atoms with E-state index >= 15 is 0 Å². The van der Waals surface area contributed by atoms with Gasteiger partial charge in [-0.1, -0.05) is 11.6 Å². The molecule has 0 bridgehead atoms. The first-order chi connectivity index (χ1) is 15.0. The highest BCUT2D eigenvalue weighted by Crippen LogP contribution is 2.17. The van der Waals surface area contributed by atoms with Gasteiger partial charge in [0.25, 0.3) is 11.8 Å². The molecule has 7 nitrogen and oxygen atoms in total. The monoisotopic (exact) mass is 456 g/mol. The standard InChI is InChI=1S/C22H21ClN4O3S/c1-30-18-11-9-17(10-12-18)27-25-19(22(29)26-13-3-2-4-14-26)21(31-27)24-20(28)15-5-7-16(23)8-6-15/h5-12H,2-4,13-14H2,1H3. The van der Waals surface area contributed by atoms with Gasteiger partial charge < -0.3 is 9.64 Å². The van der Waals surface area contributed by atoms with Gasteiger partial charge in [0.05, 0.1) is 12.8 Å². The number of amides is 2. The van der Waals surface area contributed by atoms with E-state index in [0.717, 1.165) is 36.5 Å². The van der Waals surface area contributed by atoms with Gasteiger partial charge in [-0.3, -0.25) is 9.59 Å². The highest BCUT2D eigenvalue weighted by molar-refractivity contribution is 7.04. The molecule has 0 atom stereocenters. The van der Waals surface area contributed by atoms with Gasteiger partial charge in [0.15, 0.2) is 10.4 Å². The van der Waals surface area contributed by atoms with Crippen molar-refractivity contribution in [3.63, 3.8) is 0 Å². The number of likely N-dealkylation sites (tertiary alicyclic amines) is 1. The summed E-state index contributed by atoms with van der Waals surface area (Å²) in [6.07, 6.45) is 3.04. The lowest BCUT2D eigenvalue weighted by Gasteiger charge is -2.25. The van der Waals surface area contributed by atoms with E-state index in [9.17, 15) is 9.59 Å². The number of carbonyl (C=O) groups is 2. The number of halogens is 1. The maximum absolute atomic E-state index is 13.2. The van der Waals surface area contributed by atoms with Crippen LogP contribution in [0.15, 0.2) is 53.5 Å². The Labute approximate surface area is 188 Å². The first-order valence-electron chi connectivity index (χ1n) is 9.94. The summed E-state index contributed by atoms with van der Waals surface area (Å²) >= 11 is 7.06. The smallest absolute Gasteiger partial charge is 0.278 e. The molecular formula is C22H21ClN4O3S. The molecular weight excluding hydrogens is 436 g/mol. The molecule has 3 aromatic rings. The first kappa shape index (κ1) is 21.3. The van der Waals surface area contributed by atoms with Gasteiger partial charge in [-0.15, -0.1) is 5.10 Å². The molecule has 1 aliphatic heterocycles. The summed E-state index contributed by atoms with van der Waals surface area (Å²) in [7, 11) is 1.60. The van der Waals surface area contributed by atoms with Gasteiger partial charge >= 0.3 is 0 Å². The Balaban J connectivity index is 1.75. The molecule has 31 heavy (non-hydrogen) atoms. The van der Waals surface area contributed by atoms with E-state index in [1.54, 1.807) is 40.3 Å². The summed E-state index contributed by atoms with van der Waals surface area (Å²) < 4.78 is 7.09. The van der Waals surface area contributed by atoms with Gasteiger partial charge in [-0.05, 0) is 79.3 Å². The van der Waals surface area contributed by atoms with Crippen molar-refractivity contribution in [1.29, 1.82) is 0 Å². The Morgan fingerprint density at radius 1 is 1.03 bits per heavy atom. The molecule has 2 amide bonds. The molecule has 4 rings (SSSR count). The van der Waals surface area contributed by atoms with Gasteiger partial charge in [0.2, 0.25) is 0 Å². The van der Waals surface area contributed by atoms with Crippen molar-refractivity contribution in [2.24, 2.45) is 4.99 Å². The Morgan fingerprint density at radius 3 is 2.35 bits per heavy atom. The molecule has 9 heteroatoms. The third-order valence-electron chi connectivity index (χ3n) is 5.00. The Kier molecular flexibility index (Phi) is 6.48. The lowest BCUT2D eigenvalue weighted by molar-refractivity contribution is 0.0716. The van der Waals surface area contributed by atoms with Crippen LogP contribution >= 0.6 is 23.1 Å². The zero-order valence-corrected chi connectivity index (χ0v) is 18.5. The van der Waals surface area contributed by atoms with Gasteiger partial charge in [-0.25, -0.2) is 0 Å². The summed E-state index contributed by atoms with van der Waals surface area (Å²) in [6, 6.07) is 13.8. The average Bonchev–Trinajstić information content (AvgIpc) is 3.23. The molecule has 0 unspecified atom stereocenters. The van der Waals surface area contributed by atoms with Crippen LogP contribution in [-0.2, 0) is 0 Å². The fraction of sp³-hybridized carbons (Fsp3) is 0.273. The molecule has 160 valence electrons. The summed E-state index contributed by atoms with van der Waals surface area (Å²) in [6.45, 7) is 1.37. The van der Waals surface area contributed by atoms with E-state index in [-0.39, 0.29) is 16.3 Å². The van der Waals surface area contributed by atoms with Crippen molar-refractivity contribution in [2.45, 2.75) is 19.3 Å². The van der Waals surface area contributed by atoms with Gasteiger partial charge in [-0.2, -0.15) is 9.06 Å². The SMILES string of the molecule is COc1ccc(-n2nc(C(=O)N3CCCCC3)c(=NC(=O)c3ccc(Cl)cc3)s2)cc1. The highest BCUT2D eigenvalue weighted by atomic mass is 35.5. The largest absolute Gasteiger partial charge is 0.497 e. The number of aromatic nitrogens is 2.